The van der Waals surface area contributed by atoms with Gasteiger partial charge in [-0.05, 0) is 48.4 Å². The van der Waals surface area contributed by atoms with Crippen molar-refractivity contribution in [2.75, 3.05) is 6.61 Å². The Hall–Kier alpha value is -2.88. The van der Waals surface area contributed by atoms with E-state index in [0.717, 1.165) is 29.5 Å². The molecule has 0 spiro atoms. The van der Waals surface area contributed by atoms with Crippen LogP contribution in [0.1, 0.15) is 57.4 Å². The molecule has 128 valence electrons. The van der Waals surface area contributed by atoms with E-state index < -0.39 is 11.7 Å². The SMILES string of the molecule is Cc1cc(C#N)c(F)cc1C1CC1c1c(C(N)=O)nn2c1OCCC2. The molecular weight excluding hydrogens is 323 g/mol. The predicted octanol–water partition coefficient (Wildman–Crippen LogP) is 2.35. The molecule has 25 heavy (non-hydrogen) atoms. The number of aromatic nitrogens is 2. The number of primary amides is 1. The van der Waals surface area contributed by atoms with Gasteiger partial charge >= 0.3 is 0 Å². The van der Waals surface area contributed by atoms with Crippen LogP contribution in [0.5, 0.6) is 5.88 Å². The smallest absolute Gasteiger partial charge is 0.269 e. The summed E-state index contributed by atoms with van der Waals surface area (Å²) in [4.78, 5) is 11.8. The van der Waals surface area contributed by atoms with Gasteiger partial charge in [0.25, 0.3) is 5.91 Å². The molecule has 2 heterocycles. The van der Waals surface area contributed by atoms with Gasteiger partial charge in [-0.2, -0.15) is 10.4 Å². The lowest BCUT2D eigenvalue weighted by Gasteiger charge is -2.16. The van der Waals surface area contributed by atoms with E-state index in [1.54, 1.807) is 10.7 Å². The number of hydrogen-bond acceptors (Lipinski definition) is 4. The molecule has 2 N–H and O–H groups in total. The summed E-state index contributed by atoms with van der Waals surface area (Å²) in [5.41, 5.74) is 8.25. The second-order valence-electron chi connectivity index (χ2n) is 6.61. The van der Waals surface area contributed by atoms with Crippen molar-refractivity contribution >= 4 is 5.91 Å². The highest BCUT2D eigenvalue weighted by molar-refractivity contribution is 5.93. The zero-order valence-electron chi connectivity index (χ0n) is 13.8. The monoisotopic (exact) mass is 340 g/mol. The summed E-state index contributed by atoms with van der Waals surface area (Å²) in [7, 11) is 0. The Morgan fingerprint density at radius 3 is 3.00 bits per heavy atom. The third-order valence-electron chi connectivity index (χ3n) is 4.96. The number of nitriles is 1. The van der Waals surface area contributed by atoms with Crippen molar-refractivity contribution in [1.82, 2.24) is 9.78 Å². The van der Waals surface area contributed by atoms with Crippen LogP contribution in [0.25, 0.3) is 0 Å². The van der Waals surface area contributed by atoms with Crippen LogP contribution in [0.2, 0.25) is 0 Å². The fraction of sp³-hybridized carbons (Fsp3) is 0.389. The Morgan fingerprint density at radius 1 is 1.48 bits per heavy atom. The quantitative estimate of drug-likeness (QED) is 0.928. The second-order valence-corrected chi connectivity index (χ2v) is 6.61. The van der Waals surface area contributed by atoms with E-state index >= 15 is 0 Å². The minimum Gasteiger partial charge on any atom is -0.478 e. The zero-order valence-corrected chi connectivity index (χ0v) is 13.8. The van der Waals surface area contributed by atoms with E-state index in [2.05, 4.69) is 5.10 Å². The molecule has 1 aromatic heterocycles. The van der Waals surface area contributed by atoms with Crippen LogP contribution >= 0.6 is 0 Å². The van der Waals surface area contributed by atoms with Gasteiger partial charge in [-0.1, -0.05) is 0 Å². The van der Waals surface area contributed by atoms with Gasteiger partial charge in [0.2, 0.25) is 5.88 Å². The third kappa shape index (κ3) is 2.45. The standard InChI is InChI=1S/C18H17FN4O2/c1-9-5-10(8-20)14(19)7-11(9)12-6-13(12)15-16(17(21)24)22-23-3-2-4-25-18(15)23/h5,7,12-13H,2-4,6H2,1H3,(H2,21,24). The Kier molecular flexibility index (Phi) is 3.49. The summed E-state index contributed by atoms with van der Waals surface area (Å²) >= 11 is 0. The molecule has 4 rings (SSSR count). The molecule has 1 fully saturated rings. The first-order valence-electron chi connectivity index (χ1n) is 8.24. The average Bonchev–Trinajstić information content (AvgIpc) is 3.27. The molecule has 1 aromatic carbocycles. The van der Waals surface area contributed by atoms with Crippen LogP contribution in [-0.2, 0) is 6.54 Å². The number of aryl methyl sites for hydroxylation is 2. The number of amides is 1. The van der Waals surface area contributed by atoms with Crippen molar-refractivity contribution in [3.05, 3.63) is 45.9 Å². The van der Waals surface area contributed by atoms with Crippen LogP contribution in [0, 0.1) is 24.1 Å². The number of carbonyl (C=O) groups excluding carboxylic acids is 1. The minimum atomic E-state index is -0.575. The van der Waals surface area contributed by atoms with Gasteiger partial charge in [-0.25, -0.2) is 9.07 Å². The van der Waals surface area contributed by atoms with Gasteiger partial charge in [-0.3, -0.25) is 4.79 Å². The Balaban J connectivity index is 1.73. The highest BCUT2D eigenvalue weighted by Gasteiger charge is 2.46. The summed E-state index contributed by atoms with van der Waals surface area (Å²) in [6, 6.07) is 4.86. The lowest BCUT2D eigenvalue weighted by molar-refractivity contribution is 0.0993. The first kappa shape index (κ1) is 15.6. The first-order chi connectivity index (χ1) is 12.0. The van der Waals surface area contributed by atoms with Crippen molar-refractivity contribution in [2.45, 2.75) is 38.1 Å². The average molecular weight is 340 g/mol. The molecule has 1 saturated carbocycles. The van der Waals surface area contributed by atoms with Crippen molar-refractivity contribution in [3.63, 3.8) is 0 Å². The normalized spacial score (nSPS) is 21.2. The van der Waals surface area contributed by atoms with Crippen LogP contribution < -0.4 is 10.5 Å². The minimum absolute atomic E-state index is 0.0235. The number of halogens is 1. The molecular formula is C18H17FN4O2. The summed E-state index contributed by atoms with van der Waals surface area (Å²) < 4.78 is 21.5. The Labute approximate surface area is 144 Å². The predicted molar refractivity (Wildman–Crippen MR) is 86.8 cm³/mol. The van der Waals surface area contributed by atoms with E-state index in [1.807, 2.05) is 13.0 Å². The summed E-state index contributed by atoms with van der Waals surface area (Å²) in [5.74, 6) is -0.388. The maximum Gasteiger partial charge on any atom is 0.269 e. The molecule has 2 aromatic rings. The zero-order chi connectivity index (χ0) is 17.7. The van der Waals surface area contributed by atoms with Crippen LogP contribution in [0.3, 0.4) is 0 Å². The summed E-state index contributed by atoms with van der Waals surface area (Å²) in [6.07, 6.45) is 1.61. The van der Waals surface area contributed by atoms with Crippen molar-refractivity contribution in [1.29, 1.82) is 5.26 Å². The fourth-order valence-corrected chi connectivity index (χ4v) is 3.70. The lowest BCUT2D eigenvalue weighted by atomic mass is 9.98. The van der Waals surface area contributed by atoms with Crippen molar-refractivity contribution in [2.24, 2.45) is 5.73 Å². The maximum absolute atomic E-state index is 14.0. The molecule has 2 aliphatic rings. The number of hydrogen-bond donors (Lipinski definition) is 1. The molecule has 1 aliphatic carbocycles. The number of fused-ring (bicyclic) bond motifs is 1. The number of nitrogens with zero attached hydrogens (tertiary/aromatic N) is 3. The van der Waals surface area contributed by atoms with Gasteiger partial charge in [0.05, 0.1) is 17.7 Å². The van der Waals surface area contributed by atoms with Gasteiger partial charge in [-0.15, -0.1) is 0 Å². The van der Waals surface area contributed by atoms with Gasteiger partial charge in [0.1, 0.15) is 11.9 Å². The van der Waals surface area contributed by atoms with Gasteiger partial charge < -0.3 is 10.5 Å². The number of nitrogens with two attached hydrogens (primary N) is 1. The van der Waals surface area contributed by atoms with Gasteiger partial charge in [0.15, 0.2) is 5.69 Å². The van der Waals surface area contributed by atoms with Crippen LogP contribution in [0.4, 0.5) is 4.39 Å². The van der Waals surface area contributed by atoms with E-state index in [9.17, 15) is 9.18 Å². The molecule has 0 radical (unpaired) electrons. The van der Waals surface area contributed by atoms with Crippen molar-refractivity contribution < 1.29 is 13.9 Å². The summed E-state index contributed by atoms with van der Waals surface area (Å²) in [5, 5.41) is 13.3. The fourth-order valence-electron chi connectivity index (χ4n) is 3.70. The van der Waals surface area contributed by atoms with E-state index in [4.69, 9.17) is 15.7 Å². The molecule has 2 atom stereocenters. The molecule has 1 aliphatic heterocycles. The molecule has 0 bridgehead atoms. The number of benzene rings is 1. The lowest BCUT2D eigenvalue weighted by Crippen LogP contribution is -2.15. The van der Waals surface area contributed by atoms with Gasteiger partial charge in [0, 0.05) is 13.0 Å². The van der Waals surface area contributed by atoms with Crippen LogP contribution in [0.15, 0.2) is 12.1 Å². The molecule has 2 unspecified atom stereocenters. The molecule has 7 heteroatoms. The molecule has 1 amide bonds. The van der Waals surface area contributed by atoms with E-state index in [1.165, 1.54) is 6.07 Å². The number of carbonyl (C=O) groups is 1. The number of ether oxygens (including phenoxy) is 1. The highest BCUT2D eigenvalue weighted by atomic mass is 19.1. The van der Waals surface area contributed by atoms with E-state index in [0.29, 0.717) is 19.0 Å². The van der Waals surface area contributed by atoms with Crippen molar-refractivity contribution in [3.8, 4) is 11.9 Å². The highest BCUT2D eigenvalue weighted by Crippen LogP contribution is 2.58. The second kappa shape index (κ2) is 5.59. The largest absolute Gasteiger partial charge is 0.478 e. The Bertz CT molecular complexity index is 928. The molecule has 0 saturated heterocycles. The van der Waals surface area contributed by atoms with E-state index in [-0.39, 0.29) is 23.1 Å². The number of rotatable bonds is 3. The third-order valence-corrected chi connectivity index (χ3v) is 4.96. The summed E-state index contributed by atoms with van der Waals surface area (Å²) in [6.45, 7) is 3.14. The molecule has 6 nitrogen and oxygen atoms in total. The maximum atomic E-state index is 14.0. The topological polar surface area (TPSA) is 93.9 Å². The Morgan fingerprint density at radius 2 is 2.28 bits per heavy atom. The first-order valence-corrected chi connectivity index (χ1v) is 8.24. The van der Waals surface area contributed by atoms with Crippen LogP contribution in [-0.4, -0.2) is 22.3 Å².